The van der Waals surface area contributed by atoms with Crippen molar-refractivity contribution in [3.05, 3.63) is 17.5 Å². The summed E-state index contributed by atoms with van der Waals surface area (Å²) in [4.78, 5) is 10.3. The Balaban J connectivity index is 0. The molecule has 0 saturated carbocycles. The van der Waals surface area contributed by atoms with E-state index in [0.717, 1.165) is 16.3 Å². The Morgan fingerprint density at radius 1 is 1.82 bits per heavy atom. The maximum Gasteiger partial charge on any atom is 1.00 e. The molecule has 1 aromatic rings. The molecule has 0 atom stereocenters. The number of carbonyl (C=O) groups is 1. The van der Waals surface area contributed by atoms with Gasteiger partial charge >= 0.3 is 35.5 Å². The van der Waals surface area contributed by atoms with Gasteiger partial charge in [-0.1, -0.05) is 6.07 Å². The van der Waals surface area contributed by atoms with Crippen molar-refractivity contribution >= 4 is 29.3 Å². The Bertz CT molecular complexity index is 215. The number of hydrogen-bond acceptors (Lipinski definition) is 4. The molecule has 0 aliphatic carbocycles. The van der Waals surface area contributed by atoms with Crippen LogP contribution in [0.25, 0.3) is 0 Å². The first-order valence-electron chi connectivity index (χ1n) is 2.67. The van der Waals surface area contributed by atoms with Crippen LogP contribution in [-0.2, 0) is 8.98 Å². The summed E-state index contributed by atoms with van der Waals surface area (Å²) in [5.74, 6) is -0.265. The summed E-state index contributed by atoms with van der Waals surface area (Å²) in [5.41, 5.74) is 0. The van der Waals surface area contributed by atoms with Crippen molar-refractivity contribution in [3.63, 3.8) is 0 Å². The summed E-state index contributed by atoms with van der Waals surface area (Å²) in [6.45, 7) is 1.39. The predicted molar refractivity (Wildman–Crippen MR) is 43.1 cm³/mol. The van der Waals surface area contributed by atoms with Crippen molar-refractivity contribution in [2.75, 3.05) is 0 Å². The van der Waals surface area contributed by atoms with E-state index in [0.29, 0.717) is 0 Å². The second-order valence-electron chi connectivity index (χ2n) is 1.59. The molecule has 0 unspecified atom stereocenters. The van der Waals surface area contributed by atoms with Crippen LogP contribution in [0.1, 0.15) is 8.35 Å². The predicted octanol–water partition coefficient (Wildman–Crippen LogP) is -0.565. The summed E-state index contributed by atoms with van der Waals surface area (Å²) >= 11 is 2.65. The van der Waals surface area contributed by atoms with Crippen molar-refractivity contribution in [3.8, 4) is 0 Å². The Kier molecular flexibility index (Phi) is 6.37. The van der Waals surface area contributed by atoms with Crippen LogP contribution >= 0.6 is 23.4 Å². The maximum atomic E-state index is 10.3. The monoisotopic (exact) mass is 198 g/mol. The largest absolute Gasteiger partial charge is 1.00 e. The molecule has 0 spiro atoms. The first kappa shape index (κ1) is 11.5. The normalized spacial score (nSPS) is 8.45. The molecule has 1 aromatic heterocycles. The van der Waals surface area contributed by atoms with Crippen LogP contribution in [0.3, 0.4) is 0 Å². The van der Waals surface area contributed by atoms with E-state index >= 15 is 0 Å². The molecule has 11 heavy (non-hydrogen) atoms. The Morgan fingerprint density at radius 3 is 3.00 bits per heavy atom. The molecule has 0 saturated heterocycles. The zero-order valence-electron chi connectivity index (χ0n) is 7.37. The summed E-state index contributed by atoms with van der Waals surface area (Å²) < 4.78 is 5.67. The van der Waals surface area contributed by atoms with Gasteiger partial charge in [0.1, 0.15) is 16.3 Å². The van der Waals surface area contributed by atoms with Gasteiger partial charge in [-0.05, 0) is 11.4 Å². The average Bonchev–Trinajstić information content (AvgIpc) is 2.34. The van der Waals surface area contributed by atoms with Crippen molar-refractivity contribution in [1.29, 1.82) is 0 Å². The van der Waals surface area contributed by atoms with E-state index in [2.05, 4.69) is 4.18 Å². The minimum absolute atomic E-state index is 0. The Hall–Kier alpha value is 0.520. The SMILES string of the molecule is CC(=O)OSc1cccs1.[H-].[Na+]. The number of hydrogen-bond donors (Lipinski definition) is 0. The third kappa shape index (κ3) is 4.87. The summed E-state index contributed by atoms with van der Waals surface area (Å²) in [7, 11) is 0. The fourth-order valence-electron chi connectivity index (χ4n) is 0.411. The molecule has 0 fully saturated rings. The molecule has 1 rings (SSSR count). The van der Waals surface area contributed by atoms with E-state index in [1.807, 2.05) is 17.5 Å². The van der Waals surface area contributed by atoms with Gasteiger partial charge in [0.25, 0.3) is 0 Å². The number of carbonyl (C=O) groups excluding carboxylic acids is 1. The van der Waals surface area contributed by atoms with Crippen molar-refractivity contribution in [2.24, 2.45) is 0 Å². The second-order valence-corrected chi connectivity index (χ2v) is 3.57. The minimum atomic E-state index is -0.265. The molecular weight excluding hydrogens is 191 g/mol. The molecule has 0 aromatic carbocycles. The van der Waals surface area contributed by atoms with Gasteiger partial charge in [-0.15, -0.1) is 11.3 Å². The van der Waals surface area contributed by atoms with Crippen LogP contribution in [0.15, 0.2) is 21.7 Å². The van der Waals surface area contributed by atoms with Gasteiger partial charge in [0.05, 0.1) is 0 Å². The van der Waals surface area contributed by atoms with E-state index in [9.17, 15) is 4.79 Å². The molecule has 2 nitrogen and oxygen atoms in total. The molecule has 0 N–H and O–H groups in total. The van der Waals surface area contributed by atoms with Crippen molar-refractivity contribution in [2.45, 2.75) is 11.1 Å². The van der Waals surface area contributed by atoms with E-state index in [1.165, 1.54) is 6.92 Å². The molecule has 0 aliphatic heterocycles. The average molecular weight is 198 g/mol. The zero-order valence-corrected chi connectivity index (χ0v) is 10.00. The molecule has 0 aliphatic rings. The quantitative estimate of drug-likeness (QED) is 0.470. The number of thiophene rings is 1. The molecule has 1 heterocycles. The second kappa shape index (κ2) is 6.08. The van der Waals surface area contributed by atoms with Crippen LogP contribution in [-0.4, -0.2) is 5.97 Å². The first-order chi connectivity index (χ1) is 4.79. The molecule has 5 heteroatoms. The van der Waals surface area contributed by atoms with Crippen LogP contribution in [0.4, 0.5) is 0 Å². The summed E-state index contributed by atoms with van der Waals surface area (Å²) in [6, 6.07) is 3.81. The van der Waals surface area contributed by atoms with E-state index < -0.39 is 0 Å². The third-order valence-electron chi connectivity index (χ3n) is 0.736. The number of rotatable bonds is 2. The first-order valence-corrected chi connectivity index (χ1v) is 4.30. The van der Waals surface area contributed by atoms with Gasteiger partial charge in [0, 0.05) is 6.92 Å². The fraction of sp³-hybridized carbons (Fsp3) is 0.167. The summed E-state index contributed by atoms with van der Waals surface area (Å²) in [6.07, 6.45) is 0. The topological polar surface area (TPSA) is 26.3 Å². The fourth-order valence-corrected chi connectivity index (χ4v) is 1.62. The van der Waals surface area contributed by atoms with Gasteiger partial charge in [0.2, 0.25) is 0 Å². The Morgan fingerprint density at radius 2 is 2.55 bits per heavy atom. The van der Waals surface area contributed by atoms with Crippen LogP contribution in [0.2, 0.25) is 0 Å². The van der Waals surface area contributed by atoms with E-state index in [4.69, 9.17) is 0 Å². The molecule has 56 valence electrons. The molecule has 0 bridgehead atoms. The van der Waals surface area contributed by atoms with Gasteiger partial charge in [0.15, 0.2) is 0 Å². The zero-order chi connectivity index (χ0) is 7.40. The van der Waals surface area contributed by atoms with E-state index in [1.54, 1.807) is 11.3 Å². The van der Waals surface area contributed by atoms with Gasteiger partial charge in [-0.2, -0.15) is 0 Å². The smallest absolute Gasteiger partial charge is 1.00 e. The third-order valence-corrected chi connectivity index (χ3v) is 2.51. The van der Waals surface area contributed by atoms with Crippen LogP contribution < -0.4 is 29.6 Å². The molecular formula is C6H7NaO2S2. The van der Waals surface area contributed by atoms with Crippen LogP contribution in [0, 0.1) is 0 Å². The van der Waals surface area contributed by atoms with Crippen molar-refractivity contribution in [1.82, 2.24) is 0 Å². The molecule has 0 amide bonds. The van der Waals surface area contributed by atoms with Gasteiger partial charge < -0.3 is 5.61 Å². The summed E-state index contributed by atoms with van der Waals surface area (Å²) in [5, 5.41) is 1.94. The maximum absolute atomic E-state index is 10.3. The van der Waals surface area contributed by atoms with E-state index in [-0.39, 0.29) is 37.0 Å². The van der Waals surface area contributed by atoms with Gasteiger partial charge in [-0.25, -0.2) is 0 Å². The minimum Gasteiger partial charge on any atom is -1.00 e. The Labute approximate surface area is 97.3 Å². The van der Waals surface area contributed by atoms with Crippen LogP contribution in [0.5, 0.6) is 0 Å². The molecule has 0 radical (unpaired) electrons. The van der Waals surface area contributed by atoms with Gasteiger partial charge in [-0.3, -0.25) is 4.79 Å². The van der Waals surface area contributed by atoms with Crippen molar-refractivity contribution < 1.29 is 40.0 Å². The standard InChI is InChI=1S/C6H6O2S2.Na.H/c1-5(7)8-10-6-3-2-4-9-6;;/h2-4H,1H3;;/q;+1;-1.